The quantitative estimate of drug-likeness (QED) is 0.356. The Labute approximate surface area is 182 Å². The molecule has 0 fully saturated rings. The molecule has 0 radical (unpaired) electrons. The van der Waals surface area contributed by atoms with Gasteiger partial charge in [-0.05, 0) is 12.1 Å². The number of imidazole rings is 2. The predicted octanol–water partition coefficient (Wildman–Crippen LogP) is 4.37. The summed E-state index contributed by atoms with van der Waals surface area (Å²) in [5, 5.41) is 7.66. The zero-order valence-electron chi connectivity index (χ0n) is 15.5. The number of aromatic nitrogens is 7. The third kappa shape index (κ3) is 3.51. The fraction of sp³-hybridized carbons (Fsp3) is 0.111. The summed E-state index contributed by atoms with van der Waals surface area (Å²) in [6.07, 6.45) is 5.68. The molecule has 9 nitrogen and oxygen atoms in total. The van der Waals surface area contributed by atoms with E-state index in [1.165, 1.54) is 12.4 Å². The summed E-state index contributed by atoms with van der Waals surface area (Å²) in [5.41, 5.74) is 8.86. The van der Waals surface area contributed by atoms with Gasteiger partial charge in [0.05, 0.1) is 51.9 Å². The second-order valence-electron chi connectivity index (χ2n) is 6.66. The molecule has 4 N–H and O–H groups in total. The number of nitrogen functional groups attached to an aromatic ring is 1. The molecular weight excluding hydrogens is 451 g/mol. The highest BCUT2D eigenvalue weighted by molar-refractivity contribution is 6.42. The van der Waals surface area contributed by atoms with Crippen molar-refractivity contribution in [3.63, 3.8) is 0 Å². The largest absolute Gasteiger partial charge is 0.382 e. The molecule has 0 aliphatic heterocycles. The van der Waals surface area contributed by atoms with Crippen molar-refractivity contribution in [3.05, 3.63) is 52.8 Å². The molecule has 158 valence electrons. The number of hydrogen-bond acceptors (Lipinski definition) is 6. The van der Waals surface area contributed by atoms with E-state index in [9.17, 15) is 8.78 Å². The van der Waals surface area contributed by atoms with Gasteiger partial charge < -0.3 is 16.0 Å². The normalized spacial score (nSPS) is 11.8. The number of nitrogens with two attached hydrogens (primary N) is 1. The average Bonchev–Trinajstić information content (AvgIpc) is 3.44. The van der Waals surface area contributed by atoms with Crippen LogP contribution in [0.1, 0.15) is 12.4 Å². The Bertz CT molecular complexity index is 1380. The van der Waals surface area contributed by atoms with Gasteiger partial charge in [-0.15, -0.1) is 0 Å². The SMILES string of the molecule is Nc1cn2c(-c3cnn(C(F)F)c3)cnc2c(NCc2nc3cc(Cl)c(Cl)cc3[nH]2)n1. The lowest BCUT2D eigenvalue weighted by Crippen LogP contribution is -2.07. The number of nitrogens with one attached hydrogen (secondary N) is 2. The summed E-state index contributed by atoms with van der Waals surface area (Å²) in [4.78, 5) is 16.3. The van der Waals surface area contributed by atoms with E-state index in [0.29, 0.717) is 55.3 Å². The van der Waals surface area contributed by atoms with Gasteiger partial charge in [0.15, 0.2) is 11.5 Å². The van der Waals surface area contributed by atoms with Crippen LogP contribution in [-0.2, 0) is 6.54 Å². The van der Waals surface area contributed by atoms with Crippen LogP contribution in [0.25, 0.3) is 27.9 Å². The lowest BCUT2D eigenvalue weighted by molar-refractivity contribution is 0.0566. The monoisotopic (exact) mass is 463 g/mol. The lowest BCUT2D eigenvalue weighted by atomic mass is 10.3. The molecule has 1 aromatic carbocycles. The smallest absolute Gasteiger partial charge is 0.333 e. The number of halogens is 4. The second-order valence-corrected chi connectivity index (χ2v) is 7.47. The number of nitrogens with zero attached hydrogens (tertiary/aromatic N) is 6. The van der Waals surface area contributed by atoms with Crippen LogP contribution in [0, 0.1) is 0 Å². The van der Waals surface area contributed by atoms with E-state index in [2.05, 4.69) is 30.4 Å². The van der Waals surface area contributed by atoms with Crippen LogP contribution in [-0.4, -0.2) is 34.1 Å². The summed E-state index contributed by atoms with van der Waals surface area (Å²) in [5.74, 6) is 1.25. The third-order valence-corrected chi connectivity index (χ3v) is 5.33. The molecule has 0 unspecified atom stereocenters. The van der Waals surface area contributed by atoms with Crippen LogP contribution in [0.4, 0.5) is 20.4 Å². The fourth-order valence-electron chi connectivity index (χ4n) is 3.23. The van der Waals surface area contributed by atoms with Crippen LogP contribution in [0.15, 0.2) is 36.9 Å². The molecule has 0 amide bonds. The van der Waals surface area contributed by atoms with Gasteiger partial charge in [-0.25, -0.2) is 19.6 Å². The van der Waals surface area contributed by atoms with Crippen LogP contribution < -0.4 is 11.1 Å². The summed E-state index contributed by atoms with van der Waals surface area (Å²) in [7, 11) is 0. The maximum Gasteiger partial charge on any atom is 0.333 e. The molecule has 31 heavy (non-hydrogen) atoms. The van der Waals surface area contributed by atoms with E-state index in [-0.39, 0.29) is 5.82 Å². The number of benzene rings is 1. The van der Waals surface area contributed by atoms with Gasteiger partial charge in [-0.2, -0.15) is 13.9 Å². The Morgan fingerprint density at radius 1 is 1.13 bits per heavy atom. The van der Waals surface area contributed by atoms with Gasteiger partial charge in [-0.3, -0.25) is 4.40 Å². The highest BCUT2D eigenvalue weighted by Gasteiger charge is 2.16. The van der Waals surface area contributed by atoms with Crippen molar-refractivity contribution in [2.45, 2.75) is 13.1 Å². The first-order valence-corrected chi connectivity index (χ1v) is 9.68. The maximum atomic E-state index is 12.9. The van der Waals surface area contributed by atoms with E-state index in [1.54, 1.807) is 28.9 Å². The van der Waals surface area contributed by atoms with Crippen molar-refractivity contribution in [2.75, 3.05) is 11.1 Å². The number of aromatic amines is 1. The van der Waals surface area contributed by atoms with Crippen LogP contribution in [0.2, 0.25) is 10.0 Å². The number of H-pyrrole nitrogens is 1. The predicted molar refractivity (Wildman–Crippen MR) is 113 cm³/mol. The topological polar surface area (TPSA) is 115 Å². The molecule has 4 heterocycles. The molecular formula is C18H13Cl2F2N9. The Hall–Kier alpha value is -3.44. The first-order chi connectivity index (χ1) is 14.9. The van der Waals surface area contributed by atoms with Crippen molar-refractivity contribution in [2.24, 2.45) is 0 Å². The average molecular weight is 464 g/mol. The highest BCUT2D eigenvalue weighted by Crippen LogP contribution is 2.28. The van der Waals surface area contributed by atoms with E-state index in [1.807, 2.05) is 0 Å². The molecule has 4 aromatic heterocycles. The molecule has 0 bridgehead atoms. The van der Waals surface area contributed by atoms with Crippen molar-refractivity contribution < 1.29 is 8.78 Å². The Morgan fingerprint density at radius 3 is 2.71 bits per heavy atom. The minimum Gasteiger partial charge on any atom is -0.382 e. The number of hydrogen-bond donors (Lipinski definition) is 3. The molecule has 0 saturated carbocycles. The minimum atomic E-state index is -2.73. The Kier molecular flexibility index (Phi) is 4.63. The van der Waals surface area contributed by atoms with Gasteiger partial charge in [0.25, 0.3) is 0 Å². The zero-order valence-corrected chi connectivity index (χ0v) is 17.0. The standard InChI is InChI=1S/C18H13Cl2F2N9/c19-9-1-11-12(2-10(9)20)28-15(27-11)5-24-16-17-25-4-13(30(17)7-14(23)29-16)8-3-26-31(6-8)18(21)22/h1-4,6-7,18H,5,23H2,(H,24,29)(H,27,28). The molecule has 13 heteroatoms. The number of alkyl halides is 2. The molecule has 5 rings (SSSR count). The molecule has 0 spiro atoms. The first-order valence-electron chi connectivity index (χ1n) is 8.93. The molecule has 5 aromatic rings. The summed E-state index contributed by atoms with van der Waals surface area (Å²) in [6.45, 7) is -2.44. The van der Waals surface area contributed by atoms with Gasteiger partial charge in [0.1, 0.15) is 11.6 Å². The zero-order chi connectivity index (χ0) is 21.7. The minimum absolute atomic E-state index is 0.221. The summed E-state index contributed by atoms with van der Waals surface area (Å²) < 4.78 is 28.0. The number of fused-ring (bicyclic) bond motifs is 2. The number of anilines is 2. The Balaban J connectivity index is 1.47. The van der Waals surface area contributed by atoms with Crippen LogP contribution in [0.3, 0.4) is 0 Å². The second kappa shape index (κ2) is 7.36. The van der Waals surface area contributed by atoms with Crippen molar-refractivity contribution in [1.29, 1.82) is 0 Å². The Morgan fingerprint density at radius 2 is 1.94 bits per heavy atom. The van der Waals surface area contributed by atoms with E-state index >= 15 is 0 Å². The summed E-state index contributed by atoms with van der Waals surface area (Å²) >= 11 is 12.1. The molecule has 0 aliphatic carbocycles. The van der Waals surface area contributed by atoms with Gasteiger partial charge >= 0.3 is 6.55 Å². The van der Waals surface area contributed by atoms with Crippen molar-refractivity contribution in [1.82, 2.24) is 34.1 Å². The summed E-state index contributed by atoms with van der Waals surface area (Å²) in [6, 6.07) is 3.38. The van der Waals surface area contributed by atoms with Gasteiger partial charge in [0.2, 0.25) is 0 Å². The van der Waals surface area contributed by atoms with Crippen molar-refractivity contribution in [3.8, 4) is 11.3 Å². The van der Waals surface area contributed by atoms with Crippen LogP contribution >= 0.6 is 23.2 Å². The van der Waals surface area contributed by atoms with E-state index < -0.39 is 6.55 Å². The van der Waals surface area contributed by atoms with Gasteiger partial charge in [-0.1, -0.05) is 23.2 Å². The highest BCUT2D eigenvalue weighted by atomic mass is 35.5. The van der Waals surface area contributed by atoms with Crippen molar-refractivity contribution >= 4 is 51.5 Å². The third-order valence-electron chi connectivity index (χ3n) is 4.60. The lowest BCUT2D eigenvalue weighted by Gasteiger charge is -2.08. The fourth-order valence-corrected chi connectivity index (χ4v) is 3.55. The first kappa shape index (κ1) is 19.5. The molecule has 0 aliphatic rings. The molecule has 0 atom stereocenters. The maximum absolute atomic E-state index is 12.9. The van der Waals surface area contributed by atoms with E-state index in [0.717, 1.165) is 5.52 Å². The van der Waals surface area contributed by atoms with Gasteiger partial charge in [0, 0.05) is 11.8 Å². The number of rotatable bonds is 5. The van der Waals surface area contributed by atoms with E-state index in [4.69, 9.17) is 28.9 Å². The van der Waals surface area contributed by atoms with Crippen LogP contribution in [0.5, 0.6) is 0 Å². The molecule has 0 saturated heterocycles.